The number of aryl methyl sites for hydroxylation is 2. The summed E-state index contributed by atoms with van der Waals surface area (Å²) in [5.74, 6) is -2.69. The van der Waals surface area contributed by atoms with E-state index in [1.54, 1.807) is 0 Å². The first-order valence-corrected chi connectivity index (χ1v) is 10.4. The van der Waals surface area contributed by atoms with E-state index in [4.69, 9.17) is 0 Å². The lowest BCUT2D eigenvalue weighted by Crippen LogP contribution is -2.34. The highest BCUT2D eigenvalue weighted by molar-refractivity contribution is 8.15. The molecule has 1 fully saturated rings. The summed E-state index contributed by atoms with van der Waals surface area (Å²) in [5.41, 5.74) is 2.35. The number of amides is 2. The van der Waals surface area contributed by atoms with Crippen molar-refractivity contribution < 1.29 is 18.4 Å². The zero-order valence-corrected chi connectivity index (χ0v) is 18.0. The summed E-state index contributed by atoms with van der Waals surface area (Å²) < 4.78 is 29.6. The van der Waals surface area contributed by atoms with Crippen LogP contribution in [0, 0.1) is 25.5 Å². The molecule has 2 aromatic rings. The van der Waals surface area contributed by atoms with Gasteiger partial charge in [0.05, 0.1) is 12.2 Å². The Hall–Kier alpha value is -2.75. The van der Waals surface area contributed by atoms with E-state index in [1.165, 1.54) is 24.1 Å². The van der Waals surface area contributed by atoms with Crippen molar-refractivity contribution in [3.05, 3.63) is 46.8 Å². The average molecular weight is 436 g/mol. The Morgan fingerprint density at radius 1 is 1.33 bits per heavy atom. The quantitative estimate of drug-likeness (QED) is 0.756. The van der Waals surface area contributed by atoms with E-state index in [9.17, 15) is 18.4 Å². The number of carbonyl (C=O) groups is 2. The van der Waals surface area contributed by atoms with Gasteiger partial charge in [-0.15, -0.1) is 0 Å². The topological polar surface area (TPSA) is 79.6 Å². The van der Waals surface area contributed by atoms with Gasteiger partial charge in [-0.1, -0.05) is 17.8 Å². The molecule has 10 heteroatoms. The maximum absolute atomic E-state index is 14.2. The Morgan fingerprint density at radius 2 is 2.07 bits per heavy atom. The van der Waals surface area contributed by atoms with E-state index in [0.717, 1.165) is 34.8 Å². The van der Waals surface area contributed by atoms with Gasteiger partial charge in [0.15, 0.2) is 16.8 Å². The molecule has 0 bridgehead atoms. The summed E-state index contributed by atoms with van der Waals surface area (Å²) in [5, 5.41) is 6.50. The molecule has 1 saturated heterocycles. The van der Waals surface area contributed by atoms with Gasteiger partial charge in [0.1, 0.15) is 10.9 Å². The van der Waals surface area contributed by atoms with Gasteiger partial charge in [0.25, 0.3) is 0 Å². The van der Waals surface area contributed by atoms with Gasteiger partial charge in [0.2, 0.25) is 11.8 Å². The summed E-state index contributed by atoms with van der Waals surface area (Å²) in [6.45, 7) is 6.61. The summed E-state index contributed by atoms with van der Waals surface area (Å²) in [4.78, 5) is 30.5. The lowest BCUT2D eigenvalue weighted by atomic mass is 10.1. The van der Waals surface area contributed by atoms with E-state index in [-0.39, 0.29) is 35.6 Å². The Morgan fingerprint density at radius 3 is 2.70 bits per heavy atom. The number of carbonyl (C=O) groups excluding carboxylic acids is 2. The molecule has 1 atom stereocenters. The van der Waals surface area contributed by atoms with Crippen LogP contribution in [-0.2, 0) is 22.7 Å². The zero-order chi connectivity index (χ0) is 22.0. The highest BCUT2D eigenvalue weighted by atomic mass is 32.2. The number of thioether (sulfide) groups is 1. The standard InChI is InChI=1S/C20H23F2N5O2S/c1-5-27-12(3)13(11(2)25-27)10-26-19(29)16(9-17(28)23-4)30-20(26)24-15-8-6-7-14(21)18(15)22/h6-8,16H,5,9-10H2,1-4H3,(H,23,28). The fourth-order valence-corrected chi connectivity index (χ4v) is 4.40. The van der Waals surface area contributed by atoms with Crippen molar-refractivity contribution in [2.75, 3.05) is 7.05 Å². The third-order valence-corrected chi connectivity index (χ3v) is 6.14. The van der Waals surface area contributed by atoms with E-state index in [1.807, 2.05) is 25.5 Å². The molecular weight excluding hydrogens is 412 g/mol. The minimum Gasteiger partial charge on any atom is -0.359 e. The first kappa shape index (κ1) is 21.9. The molecule has 1 unspecified atom stereocenters. The van der Waals surface area contributed by atoms with Gasteiger partial charge in [-0.25, -0.2) is 13.8 Å². The number of halogens is 2. The van der Waals surface area contributed by atoms with E-state index in [2.05, 4.69) is 15.4 Å². The minimum atomic E-state index is -1.08. The van der Waals surface area contributed by atoms with Gasteiger partial charge in [-0.2, -0.15) is 5.10 Å². The van der Waals surface area contributed by atoms with E-state index < -0.39 is 16.9 Å². The molecule has 1 N–H and O–H groups in total. The van der Waals surface area contributed by atoms with Crippen LogP contribution in [0.5, 0.6) is 0 Å². The average Bonchev–Trinajstić information content (AvgIpc) is 3.16. The maximum Gasteiger partial charge on any atom is 0.242 e. The van der Waals surface area contributed by atoms with Crippen LogP contribution in [0.4, 0.5) is 14.5 Å². The minimum absolute atomic E-state index is 0.0344. The maximum atomic E-state index is 14.2. The summed E-state index contributed by atoms with van der Waals surface area (Å²) in [6.07, 6.45) is -0.0344. The molecule has 30 heavy (non-hydrogen) atoms. The van der Waals surface area contributed by atoms with Crippen LogP contribution in [0.2, 0.25) is 0 Å². The highest BCUT2D eigenvalue weighted by Crippen LogP contribution is 2.34. The van der Waals surface area contributed by atoms with Crippen molar-refractivity contribution in [1.82, 2.24) is 20.0 Å². The molecule has 160 valence electrons. The number of amidine groups is 1. The second-order valence-corrected chi connectivity index (χ2v) is 8.01. The fraction of sp³-hybridized carbons (Fsp3) is 0.400. The van der Waals surface area contributed by atoms with Crippen molar-refractivity contribution >= 4 is 34.4 Å². The number of aliphatic imine (C=N–C) groups is 1. The van der Waals surface area contributed by atoms with Gasteiger partial charge in [-0.3, -0.25) is 19.2 Å². The van der Waals surface area contributed by atoms with Crippen LogP contribution in [0.15, 0.2) is 23.2 Å². The third kappa shape index (κ3) is 4.23. The van der Waals surface area contributed by atoms with Gasteiger partial charge in [-0.05, 0) is 32.9 Å². The van der Waals surface area contributed by atoms with Crippen LogP contribution < -0.4 is 5.32 Å². The lowest BCUT2D eigenvalue weighted by molar-refractivity contribution is -0.129. The van der Waals surface area contributed by atoms with Crippen LogP contribution in [-0.4, -0.2) is 44.0 Å². The molecule has 7 nitrogen and oxygen atoms in total. The van der Waals surface area contributed by atoms with Gasteiger partial charge < -0.3 is 5.32 Å². The molecule has 2 amide bonds. The van der Waals surface area contributed by atoms with Crippen molar-refractivity contribution in [2.24, 2.45) is 4.99 Å². The predicted molar refractivity (Wildman–Crippen MR) is 111 cm³/mol. The molecule has 3 rings (SSSR count). The monoisotopic (exact) mass is 435 g/mol. The Kier molecular flexibility index (Phi) is 6.55. The number of rotatable bonds is 6. The Balaban J connectivity index is 2.00. The SMILES string of the molecule is CCn1nc(C)c(CN2C(=O)C(CC(=O)NC)SC2=Nc2cccc(F)c2F)c1C. The van der Waals surface area contributed by atoms with Crippen molar-refractivity contribution in [2.45, 2.75) is 45.5 Å². The van der Waals surface area contributed by atoms with E-state index >= 15 is 0 Å². The summed E-state index contributed by atoms with van der Waals surface area (Å²) in [6, 6.07) is 3.70. The van der Waals surface area contributed by atoms with Gasteiger partial charge in [0, 0.05) is 31.3 Å². The van der Waals surface area contributed by atoms with Crippen LogP contribution in [0.1, 0.15) is 30.3 Å². The second-order valence-electron chi connectivity index (χ2n) is 6.84. The molecule has 1 aliphatic heterocycles. The van der Waals surface area contributed by atoms with Crippen molar-refractivity contribution in [1.29, 1.82) is 0 Å². The predicted octanol–water partition coefficient (Wildman–Crippen LogP) is 3.07. The number of benzene rings is 1. The molecule has 0 aliphatic carbocycles. The fourth-order valence-electron chi connectivity index (χ4n) is 3.25. The van der Waals surface area contributed by atoms with Crippen LogP contribution >= 0.6 is 11.8 Å². The second kappa shape index (κ2) is 8.95. The molecular formula is C20H23F2N5O2S. The summed E-state index contributed by atoms with van der Waals surface area (Å²) in [7, 11) is 1.49. The molecule has 0 radical (unpaired) electrons. The molecule has 0 saturated carbocycles. The number of nitrogens with zero attached hydrogens (tertiary/aromatic N) is 4. The van der Waals surface area contributed by atoms with Crippen molar-refractivity contribution in [3.8, 4) is 0 Å². The normalized spacial score (nSPS) is 17.8. The summed E-state index contributed by atoms with van der Waals surface area (Å²) >= 11 is 1.07. The van der Waals surface area contributed by atoms with Crippen LogP contribution in [0.3, 0.4) is 0 Å². The van der Waals surface area contributed by atoms with E-state index in [0.29, 0.717) is 6.54 Å². The molecule has 1 aromatic heterocycles. The smallest absolute Gasteiger partial charge is 0.242 e. The molecule has 1 aromatic carbocycles. The highest BCUT2D eigenvalue weighted by Gasteiger charge is 2.40. The number of hydrogen-bond donors (Lipinski definition) is 1. The number of aromatic nitrogens is 2. The first-order chi connectivity index (χ1) is 14.3. The largest absolute Gasteiger partial charge is 0.359 e. The Bertz CT molecular complexity index is 1020. The van der Waals surface area contributed by atoms with Gasteiger partial charge >= 0.3 is 0 Å². The number of hydrogen-bond acceptors (Lipinski definition) is 5. The molecule has 2 heterocycles. The first-order valence-electron chi connectivity index (χ1n) is 9.51. The lowest BCUT2D eigenvalue weighted by Gasteiger charge is -2.17. The zero-order valence-electron chi connectivity index (χ0n) is 17.2. The number of nitrogens with one attached hydrogen (secondary N) is 1. The molecule has 1 aliphatic rings. The molecule has 0 spiro atoms. The van der Waals surface area contributed by atoms with Crippen LogP contribution in [0.25, 0.3) is 0 Å². The third-order valence-electron chi connectivity index (χ3n) is 4.96. The van der Waals surface area contributed by atoms with Crippen molar-refractivity contribution in [3.63, 3.8) is 0 Å². The Labute approximate surface area is 177 Å².